The van der Waals surface area contributed by atoms with Gasteiger partial charge in [-0.2, -0.15) is 0 Å². The summed E-state index contributed by atoms with van der Waals surface area (Å²) in [5, 5.41) is 5.27. The van der Waals surface area contributed by atoms with Crippen molar-refractivity contribution in [2.24, 2.45) is 16.5 Å². The van der Waals surface area contributed by atoms with E-state index in [-0.39, 0.29) is 11.2 Å². The molecule has 0 amide bonds. The monoisotopic (exact) mass is 291 g/mol. The Bertz CT molecular complexity index is 344. The second-order valence-electron chi connectivity index (χ2n) is 6.46. The Morgan fingerprint density at radius 1 is 1.16 bits per heavy atom. The van der Waals surface area contributed by atoms with E-state index in [4.69, 9.17) is 9.88 Å². The van der Waals surface area contributed by atoms with E-state index in [2.05, 4.69) is 13.8 Å². The van der Waals surface area contributed by atoms with Gasteiger partial charge in [0, 0.05) is 12.0 Å². The van der Waals surface area contributed by atoms with Gasteiger partial charge in [0.15, 0.2) is 0 Å². The molecule has 0 aromatic rings. The summed E-state index contributed by atoms with van der Waals surface area (Å²) in [6, 6.07) is 0. The summed E-state index contributed by atoms with van der Waals surface area (Å²) in [4.78, 5) is 0. The summed E-state index contributed by atoms with van der Waals surface area (Å²) in [6.45, 7) is 5.57. The van der Waals surface area contributed by atoms with Crippen LogP contribution in [-0.2, 0) is 14.8 Å². The van der Waals surface area contributed by atoms with E-state index in [1.165, 1.54) is 12.8 Å². The van der Waals surface area contributed by atoms with E-state index in [1.54, 1.807) is 0 Å². The van der Waals surface area contributed by atoms with Crippen molar-refractivity contribution in [3.05, 3.63) is 0 Å². The lowest BCUT2D eigenvalue weighted by Gasteiger charge is -2.31. The molecular weight excluding hydrogens is 262 g/mol. The number of primary sulfonamides is 1. The highest BCUT2D eigenvalue weighted by molar-refractivity contribution is 7.89. The Labute approximate surface area is 118 Å². The molecule has 0 aliphatic heterocycles. The van der Waals surface area contributed by atoms with Gasteiger partial charge in [-0.05, 0) is 25.2 Å². The van der Waals surface area contributed by atoms with Crippen molar-refractivity contribution in [3.63, 3.8) is 0 Å². The first-order chi connectivity index (χ1) is 8.83. The molecule has 0 aromatic carbocycles. The van der Waals surface area contributed by atoms with Crippen LogP contribution in [0.25, 0.3) is 0 Å². The van der Waals surface area contributed by atoms with Crippen LogP contribution in [0.2, 0.25) is 0 Å². The first-order valence-electron chi connectivity index (χ1n) is 7.41. The molecule has 1 rings (SSSR count). The normalized spacial score (nSPS) is 20.4. The van der Waals surface area contributed by atoms with Crippen molar-refractivity contribution < 1.29 is 13.2 Å². The van der Waals surface area contributed by atoms with Gasteiger partial charge in [-0.15, -0.1) is 0 Å². The van der Waals surface area contributed by atoms with Crippen LogP contribution in [0.15, 0.2) is 0 Å². The molecule has 0 saturated heterocycles. The summed E-state index contributed by atoms with van der Waals surface area (Å²) in [5.41, 5.74) is -0.249. The zero-order valence-electron chi connectivity index (χ0n) is 12.4. The zero-order chi connectivity index (χ0) is 14.4. The Morgan fingerprint density at radius 2 is 1.74 bits per heavy atom. The standard InChI is InChI=1S/C14H29NO3S/c1-13(2)7-10-18-11-14(12-19(15,16)17)8-5-3-4-6-9-14/h13H,3-12H2,1-2H3,(H2,15,16,17). The highest BCUT2D eigenvalue weighted by Gasteiger charge is 2.35. The predicted octanol–water partition coefficient (Wildman–Crippen LogP) is 2.68. The molecule has 4 nitrogen and oxygen atoms in total. The van der Waals surface area contributed by atoms with Crippen molar-refractivity contribution in [2.75, 3.05) is 19.0 Å². The number of nitrogens with two attached hydrogens (primary N) is 1. The maximum Gasteiger partial charge on any atom is 0.209 e. The SMILES string of the molecule is CC(C)CCOCC1(CS(N)(=O)=O)CCCCCC1. The number of hydrogen-bond donors (Lipinski definition) is 1. The quantitative estimate of drug-likeness (QED) is 0.579. The zero-order valence-corrected chi connectivity index (χ0v) is 13.2. The van der Waals surface area contributed by atoms with Crippen LogP contribution in [0.1, 0.15) is 58.8 Å². The minimum absolute atomic E-state index is 0.0711. The van der Waals surface area contributed by atoms with Gasteiger partial charge in [0.25, 0.3) is 0 Å². The summed E-state index contributed by atoms with van der Waals surface area (Å²) in [5.74, 6) is 0.685. The minimum Gasteiger partial charge on any atom is -0.381 e. The Morgan fingerprint density at radius 3 is 2.21 bits per heavy atom. The largest absolute Gasteiger partial charge is 0.381 e. The van der Waals surface area contributed by atoms with E-state index < -0.39 is 10.0 Å². The van der Waals surface area contributed by atoms with Gasteiger partial charge in [0.1, 0.15) is 0 Å². The van der Waals surface area contributed by atoms with Crippen molar-refractivity contribution in [3.8, 4) is 0 Å². The van der Waals surface area contributed by atoms with Gasteiger partial charge < -0.3 is 4.74 Å². The molecular formula is C14H29NO3S. The third-order valence-corrected chi connectivity index (χ3v) is 4.93. The van der Waals surface area contributed by atoms with Crippen LogP contribution >= 0.6 is 0 Å². The molecule has 19 heavy (non-hydrogen) atoms. The summed E-state index contributed by atoms with van der Waals surface area (Å²) in [7, 11) is -3.43. The summed E-state index contributed by atoms with van der Waals surface area (Å²) < 4.78 is 28.7. The van der Waals surface area contributed by atoms with E-state index >= 15 is 0 Å². The summed E-state index contributed by atoms with van der Waals surface area (Å²) in [6.07, 6.45) is 7.42. The van der Waals surface area contributed by atoms with E-state index in [0.717, 1.165) is 32.1 Å². The van der Waals surface area contributed by atoms with Gasteiger partial charge in [-0.25, -0.2) is 13.6 Å². The number of ether oxygens (including phenoxy) is 1. The maximum atomic E-state index is 11.5. The fourth-order valence-corrected chi connectivity index (χ4v) is 4.07. The van der Waals surface area contributed by atoms with Crippen LogP contribution in [0.4, 0.5) is 0 Å². The molecule has 0 atom stereocenters. The number of hydrogen-bond acceptors (Lipinski definition) is 3. The highest BCUT2D eigenvalue weighted by Crippen LogP contribution is 2.36. The molecule has 0 spiro atoms. The molecule has 0 bridgehead atoms. The van der Waals surface area contributed by atoms with Crippen molar-refractivity contribution >= 4 is 10.0 Å². The van der Waals surface area contributed by atoms with Gasteiger partial charge in [0.05, 0.1) is 12.4 Å². The molecule has 0 unspecified atom stereocenters. The first kappa shape index (κ1) is 16.9. The lowest BCUT2D eigenvalue weighted by Crippen LogP contribution is -2.37. The first-order valence-corrected chi connectivity index (χ1v) is 9.13. The van der Waals surface area contributed by atoms with Crippen LogP contribution in [0.5, 0.6) is 0 Å². The second-order valence-corrected chi connectivity index (χ2v) is 8.07. The molecule has 1 aliphatic rings. The topological polar surface area (TPSA) is 69.4 Å². The fraction of sp³-hybridized carbons (Fsp3) is 1.00. The van der Waals surface area contributed by atoms with Crippen molar-refractivity contribution in [1.29, 1.82) is 0 Å². The maximum absolute atomic E-state index is 11.5. The van der Waals surface area contributed by atoms with Crippen LogP contribution in [-0.4, -0.2) is 27.4 Å². The minimum atomic E-state index is -3.43. The lowest BCUT2D eigenvalue weighted by molar-refractivity contribution is 0.0407. The van der Waals surface area contributed by atoms with Crippen LogP contribution in [0.3, 0.4) is 0 Å². The molecule has 0 radical (unpaired) electrons. The molecule has 1 fully saturated rings. The van der Waals surface area contributed by atoms with Gasteiger partial charge in [-0.1, -0.05) is 39.5 Å². The Kier molecular flexibility index (Phi) is 6.77. The molecule has 5 heteroatoms. The average molecular weight is 291 g/mol. The second kappa shape index (κ2) is 7.60. The average Bonchev–Trinajstić information content (AvgIpc) is 2.48. The Hall–Kier alpha value is -0.130. The van der Waals surface area contributed by atoms with Crippen LogP contribution < -0.4 is 5.14 Å². The summed E-state index contributed by atoms with van der Waals surface area (Å²) >= 11 is 0. The van der Waals surface area contributed by atoms with Gasteiger partial charge in [-0.3, -0.25) is 0 Å². The molecule has 2 N–H and O–H groups in total. The van der Waals surface area contributed by atoms with Crippen molar-refractivity contribution in [2.45, 2.75) is 58.8 Å². The van der Waals surface area contributed by atoms with Gasteiger partial charge in [0.2, 0.25) is 10.0 Å². The third kappa shape index (κ3) is 7.28. The smallest absolute Gasteiger partial charge is 0.209 e. The number of rotatable bonds is 7. The van der Waals surface area contributed by atoms with Crippen molar-refractivity contribution in [1.82, 2.24) is 0 Å². The predicted molar refractivity (Wildman–Crippen MR) is 78.4 cm³/mol. The van der Waals surface area contributed by atoms with Gasteiger partial charge >= 0.3 is 0 Å². The molecule has 1 aliphatic carbocycles. The Balaban J connectivity index is 2.57. The van der Waals surface area contributed by atoms with Crippen LogP contribution in [0, 0.1) is 11.3 Å². The lowest BCUT2D eigenvalue weighted by atomic mass is 9.83. The van der Waals surface area contributed by atoms with E-state index in [9.17, 15) is 8.42 Å². The highest BCUT2D eigenvalue weighted by atomic mass is 32.2. The number of sulfonamides is 1. The molecule has 1 saturated carbocycles. The van der Waals surface area contributed by atoms with E-state index in [0.29, 0.717) is 19.1 Å². The molecule has 0 heterocycles. The molecule has 0 aromatic heterocycles. The van der Waals surface area contributed by atoms with E-state index in [1.807, 2.05) is 0 Å². The fourth-order valence-electron chi connectivity index (χ4n) is 2.84. The third-order valence-electron chi connectivity index (χ3n) is 3.92. The molecule has 114 valence electrons.